The van der Waals surface area contributed by atoms with Gasteiger partial charge >= 0.3 is 0 Å². The summed E-state index contributed by atoms with van der Waals surface area (Å²) in [4.78, 5) is 0. The molecule has 49 heavy (non-hydrogen) atoms. The minimum absolute atomic E-state index is 0.177. The van der Waals surface area contributed by atoms with Crippen LogP contribution < -0.4 is 0 Å². The van der Waals surface area contributed by atoms with Crippen molar-refractivity contribution in [3.8, 4) is 44.5 Å². The molecule has 1 aliphatic carbocycles. The van der Waals surface area contributed by atoms with Crippen molar-refractivity contribution in [2.24, 2.45) is 0 Å². The van der Waals surface area contributed by atoms with E-state index in [0.717, 1.165) is 0 Å². The van der Waals surface area contributed by atoms with Crippen LogP contribution in [0.2, 0.25) is 0 Å². The van der Waals surface area contributed by atoms with Gasteiger partial charge in [0.1, 0.15) is 0 Å². The Kier molecular flexibility index (Phi) is 6.02. The van der Waals surface area contributed by atoms with E-state index in [9.17, 15) is 0 Å². The Balaban J connectivity index is 1.34. The topological polar surface area (TPSA) is 0 Å². The molecule has 0 heterocycles. The van der Waals surface area contributed by atoms with Crippen LogP contribution in [-0.2, 0) is 5.41 Å². The van der Waals surface area contributed by atoms with E-state index in [1.165, 1.54) is 98.7 Å². The predicted molar refractivity (Wildman–Crippen MR) is 210 cm³/mol. The van der Waals surface area contributed by atoms with Gasteiger partial charge in [0.15, 0.2) is 0 Å². The normalized spacial score (nSPS) is 13.3. The molecule has 0 nitrogen and oxygen atoms in total. The Morgan fingerprint density at radius 2 is 0.837 bits per heavy atom. The van der Waals surface area contributed by atoms with E-state index in [0.29, 0.717) is 0 Å². The minimum atomic E-state index is -0.177. The molecule has 0 bridgehead atoms. The summed E-state index contributed by atoms with van der Waals surface area (Å²) in [6.07, 6.45) is 0. The van der Waals surface area contributed by atoms with Gasteiger partial charge in [-0.15, -0.1) is 0 Å². The fourth-order valence-corrected chi connectivity index (χ4v) is 8.95. The lowest BCUT2D eigenvalue weighted by atomic mass is 9.76. The number of benzene rings is 9. The van der Waals surface area contributed by atoms with Crippen LogP contribution in [0.1, 0.15) is 25.0 Å². The van der Waals surface area contributed by atoms with Crippen LogP contribution in [0.25, 0.3) is 87.6 Å². The van der Waals surface area contributed by atoms with Gasteiger partial charge in [-0.05, 0) is 98.7 Å². The average Bonchev–Trinajstić information content (AvgIpc) is 3.40. The van der Waals surface area contributed by atoms with Gasteiger partial charge in [0.2, 0.25) is 0 Å². The van der Waals surface area contributed by atoms with Gasteiger partial charge in [-0.2, -0.15) is 0 Å². The number of rotatable bonds is 3. The first kappa shape index (κ1) is 28.1. The molecule has 0 amide bonds. The van der Waals surface area contributed by atoms with Crippen LogP contribution in [0.3, 0.4) is 0 Å². The highest BCUT2D eigenvalue weighted by Gasteiger charge is 2.39. The van der Waals surface area contributed by atoms with E-state index in [4.69, 9.17) is 0 Å². The lowest BCUT2D eigenvalue weighted by molar-refractivity contribution is 0.662. The number of fused-ring (bicyclic) bond motifs is 8. The standard InChI is InChI=1S/C49H34/c1-49(2)44-26-13-12-23-42(44)47-34(31-15-4-3-5-16-31)29-30-43(48(47)49)46-40-21-10-8-19-38(40)45(39-20-9-11-22-41(39)46)37-25-14-24-35-33-18-7-6-17-32(33)27-28-36(35)37/h3-30H,1-2H3. The van der Waals surface area contributed by atoms with Gasteiger partial charge in [-0.3, -0.25) is 0 Å². The van der Waals surface area contributed by atoms with Crippen LogP contribution in [0.15, 0.2) is 170 Å². The van der Waals surface area contributed by atoms with Gasteiger partial charge in [-0.25, -0.2) is 0 Å². The van der Waals surface area contributed by atoms with Crippen LogP contribution in [0, 0.1) is 0 Å². The molecule has 0 saturated heterocycles. The largest absolute Gasteiger partial charge is 0.0622 e. The first-order chi connectivity index (χ1) is 24.1. The van der Waals surface area contributed by atoms with Crippen molar-refractivity contribution in [2.75, 3.05) is 0 Å². The Bertz CT molecular complexity index is 2720. The molecule has 10 rings (SSSR count). The van der Waals surface area contributed by atoms with Crippen molar-refractivity contribution >= 4 is 43.1 Å². The SMILES string of the molecule is CC1(C)c2ccccc2-c2c(-c3ccccc3)ccc(-c3c4ccccc4c(-c4cccc5c4ccc4ccccc45)c4ccccc34)c21. The molecule has 0 N–H and O–H groups in total. The predicted octanol–water partition coefficient (Wildman–Crippen LogP) is 13.6. The zero-order valence-electron chi connectivity index (χ0n) is 27.7. The number of hydrogen-bond acceptors (Lipinski definition) is 0. The fourth-order valence-electron chi connectivity index (χ4n) is 8.95. The van der Waals surface area contributed by atoms with Crippen LogP contribution in [0.5, 0.6) is 0 Å². The summed E-state index contributed by atoms with van der Waals surface area (Å²) in [6.45, 7) is 4.82. The molecule has 9 aromatic carbocycles. The van der Waals surface area contributed by atoms with Crippen LogP contribution >= 0.6 is 0 Å². The van der Waals surface area contributed by atoms with Gasteiger partial charge in [0.05, 0.1) is 0 Å². The lowest BCUT2D eigenvalue weighted by Gasteiger charge is -2.27. The Morgan fingerprint density at radius 3 is 1.55 bits per heavy atom. The van der Waals surface area contributed by atoms with E-state index in [-0.39, 0.29) is 5.41 Å². The third-order valence-electron chi connectivity index (χ3n) is 11.0. The summed E-state index contributed by atoms with van der Waals surface area (Å²) in [5.74, 6) is 0. The molecule has 0 unspecified atom stereocenters. The zero-order chi connectivity index (χ0) is 32.7. The maximum absolute atomic E-state index is 2.41. The fraction of sp³-hybridized carbons (Fsp3) is 0.0612. The van der Waals surface area contributed by atoms with Crippen molar-refractivity contribution in [2.45, 2.75) is 19.3 Å². The molecule has 9 aromatic rings. The summed E-state index contributed by atoms with van der Waals surface area (Å²) >= 11 is 0. The second-order valence-corrected chi connectivity index (χ2v) is 14.0. The van der Waals surface area contributed by atoms with E-state index < -0.39 is 0 Å². The lowest BCUT2D eigenvalue weighted by Crippen LogP contribution is -2.16. The molecule has 0 saturated carbocycles. The molecule has 230 valence electrons. The molecule has 1 aliphatic rings. The first-order valence-corrected chi connectivity index (χ1v) is 17.3. The maximum Gasteiger partial charge on any atom is 0.0165 e. The molecule has 0 spiro atoms. The molecule has 0 aliphatic heterocycles. The van der Waals surface area contributed by atoms with E-state index in [1.807, 2.05) is 0 Å². The quantitative estimate of drug-likeness (QED) is 0.136. The second kappa shape index (κ2) is 10.5. The van der Waals surface area contributed by atoms with E-state index in [1.54, 1.807) is 0 Å². The van der Waals surface area contributed by atoms with E-state index >= 15 is 0 Å². The van der Waals surface area contributed by atoms with Crippen molar-refractivity contribution in [1.29, 1.82) is 0 Å². The molecular weight excluding hydrogens is 589 g/mol. The highest BCUT2D eigenvalue weighted by atomic mass is 14.4. The number of hydrogen-bond donors (Lipinski definition) is 0. The van der Waals surface area contributed by atoms with Crippen molar-refractivity contribution in [3.63, 3.8) is 0 Å². The second-order valence-electron chi connectivity index (χ2n) is 14.0. The summed E-state index contributed by atoms with van der Waals surface area (Å²) in [5.41, 5.74) is 13.1. The van der Waals surface area contributed by atoms with Crippen molar-refractivity contribution in [1.82, 2.24) is 0 Å². The molecule has 0 aromatic heterocycles. The van der Waals surface area contributed by atoms with Gasteiger partial charge in [-0.1, -0.05) is 184 Å². The minimum Gasteiger partial charge on any atom is -0.0622 e. The Labute approximate surface area is 286 Å². The van der Waals surface area contributed by atoms with Gasteiger partial charge in [0.25, 0.3) is 0 Å². The van der Waals surface area contributed by atoms with Crippen molar-refractivity contribution < 1.29 is 0 Å². The Morgan fingerprint density at radius 1 is 0.306 bits per heavy atom. The maximum atomic E-state index is 2.41. The molecule has 0 heteroatoms. The summed E-state index contributed by atoms with van der Waals surface area (Å²) < 4.78 is 0. The van der Waals surface area contributed by atoms with Crippen LogP contribution in [-0.4, -0.2) is 0 Å². The monoisotopic (exact) mass is 622 g/mol. The molecular formula is C49H34. The molecule has 0 atom stereocenters. The molecule has 0 fully saturated rings. The first-order valence-electron chi connectivity index (χ1n) is 17.3. The van der Waals surface area contributed by atoms with Crippen LogP contribution in [0.4, 0.5) is 0 Å². The third kappa shape index (κ3) is 3.98. The van der Waals surface area contributed by atoms with Gasteiger partial charge in [0, 0.05) is 5.41 Å². The van der Waals surface area contributed by atoms with E-state index in [2.05, 4.69) is 184 Å². The summed E-state index contributed by atoms with van der Waals surface area (Å²) in [7, 11) is 0. The summed E-state index contributed by atoms with van der Waals surface area (Å²) in [5, 5.41) is 10.3. The third-order valence-corrected chi connectivity index (χ3v) is 11.0. The average molecular weight is 623 g/mol. The zero-order valence-corrected chi connectivity index (χ0v) is 27.7. The smallest absolute Gasteiger partial charge is 0.0165 e. The molecule has 0 radical (unpaired) electrons. The highest BCUT2D eigenvalue weighted by molar-refractivity contribution is 6.25. The van der Waals surface area contributed by atoms with Gasteiger partial charge < -0.3 is 0 Å². The summed E-state index contributed by atoms with van der Waals surface area (Å²) in [6, 6.07) is 63.0. The highest BCUT2D eigenvalue weighted by Crippen LogP contribution is 2.57. The van der Waals surface area contributed by atoms with Crippen molar-refractivity contribution in [3.05, 3.63) is 181 Å². The Hall–Kier alpha value is -5.98.